The molecule has 0 spiro atoms. The molecular weight excluding hydrogens is 181 g/mol. The summed E-state index contributed by atoms with van der Waals surface area (Å²) in [6, 6.07) is 1.31. The van der Waals surface area contributed by atoms with Gasteiger partial charge in [-0.2, -0.15) is 0 Å². The second-order valence-electron chi connectivity index (χ2n) is 3.17. The molecule has 0 fully saturated rings. The molecule has 76 valence electrons. The van der Waals surface area contributed by atoms with E-state index in [1.165, 1.54) is 12.3 Å². The van der Waals surface area contributed by atoms with Crippen LogP contribution in [0.1, 0.15) is 30.9 Å². The average Bonchev–Trinajstić information content (AvgIpc) is 2.18. The van der Waals surface area contributed by atoms with Crippen LogP contribution >= 0.6 is 0 Å². The maximum absolute atomic E-state index is 12.7. The highest BCUT2D eigenvalue weighted by Crippen LogP contribution is 2.18. The van der Waals surface area contributed by atoms with Crippen molar-refractivity contribution in [2.45, 2.75) is 25.4 Å². The molecule has 14 heavy (non-hydrogen) atoms. The third-order valence-corrected chi connectivity index (χ3v) is 2.00. The number of pyridine rings is 1. The highest BCUT2D eigenvalue weighted by Gasteiger charge is 2.07. The zero-order valence-electron chi connectivity index (χ0n) is 7.99. The molecule has 0 saturated carbocycles. The predicted octanol–water partition coefficient (Wildman–Crippen LogP) is 2.61. The molecular formula is C11H14FNO. The van der Waals surface area contributed by atoms with E-state index in [2.05, 4.69) is 11.6 Å². The van der Waals surface area contributed by atoms with Crippen molar-refractivity contribution in [2.75, 3.05) is 0 Å². The van der Waals surface area contributed by atoms with Gasteiger partial charge in [-0.15, -0.1) is 6.58 Å². The van der Waals surface area contributed by atoms with Crippen LogP contribution in [0, 0.1) is 5.82 Å². The zero-order chi connectivity index (χ0) is 10.4. The molecule has 1 aromatic rings. The van der Waals surface area contributed by atoms with Crippen molar-refractivity contribution < 1.29 is 9.50 Å². The Hall–Kier alpha value is -1.22. The largest absolute Gasteiger partial charge is 0.388 e. The molecule has 1 N–H and O–H groups in total. The Bertz CT molecular complexity index is 301. The number of allylic oxidation sites excluding steroid dienone is 1. The summed E-state index contributed by atoms with van der Waals surface area (Å²) in [6.45, 7) is 3.59. The fourth-order valence-corrected chi connectivity index (χ4v) is 1.23. The number of nitrogens with zero attached hydrogens (tertiary/aromatic N) is 1. The van der Waals surface area contributed by atoms with Crippen LogP contribution in [-0.4, -0.2) is 10.1 Å². The van der Waals surface area contributed by atoms with Crippen molar-refractivity contribution in [2.24, 2.45) is 0 Å². The summed E-state index contributed by atoms with van der Waals surface area (Å²) in [5.41, 5.74) is 0.536. The van der Waals surface area contributed by atoms with Gasteiger partial charge < -0.3 is 5.11 Å². The normalized spacial score (nSPS) is 12.4. The van der Waals surface area contributed by atoms with Crippen molar-refractivity contribution in [3.63, 3.8) is 0 Å². The summed E-state index contributed by atoms with van der Waals surface area (Å²) in [4.78, 5) is 3.68. The van der Waals surface area contributed by atoms with E-state index in [9.17, 15) is 9.50 Å². The van der Waals surface area contributed by atoms with E-state index >= 15 is 0 Å². The number of aliphatic hydroxyl groups excluding tert-OH is 1. The second kappa shape index (κ2) is 5.50. The predicted molar refractivity (Wildman–Crippen MR) is 53.2 cm³/mol. The Morgan fingerprint density at radius 2 is 2.36 bits per heavy atom. The Labute approximate surface area is 83.1 Å². The lowest BCUT2D eigenvalue weighted by molar-refractivity contribution is 0.164. The fourth-order valence-electron chi connectivity index (χ4n) is 1.23. The molecule has 0 saturated heterocycles. The van der Waals surface area contributed by atoms with Crippen LogP contribution in [0.5, 0.6) is 0 Å². The van der Waals surface area contributed by atoms with E-state index in [1.807, 2.05) is 0 Å². The van der Waals surface area contributed by atoms with Gasteiger partial charge in [-0.1, -0.05) is 6.08 Å². The molecule has 0 radical (unpaired) electrons. The molecule has 2 nitrogen and oxygen atoms in total. The highest BCUT2D eigenvalue weighted by atomic mass is 19.1. The number of aromatic nitrogens is 1. The molecule has 0 bridgehead atoms. The van der Waals surface area contributed by atoms with Gasteiger partial charge >= 0.3 is 0 Å². The van der Waals surface area contributed by atoms with Crippen LogP contribution in [0.4, 0.5) is 4.39 Å². The first kappa shape index (κ1) is 10.9. The van der Waals surface area contributed by atoms with E-state index in [0.717, 1.165) is 19.0 Å². The topological polar surface area (TPSA) is 33.1 Å². The Morgan fingerprint density at radius 3 is 3.00 bits per heavy atom. The quantitative estimate of drug-likeness (QED) is 0.578. The first-order chi connectivity index (χ1) is 6.74. The van der Waals surface area contributed by atoms with E-state index in [1.54, 1.807) is 6.08 Å². The van der Waals surface area contributed by atoms with Crippen LogP contribution in [0.3, 0.4) is 0 Å². The molecule has 1 heterocycles. The van der Waals surface area contributed by atoms with Gasteiger partial charge in [0.2, 0.25) is 0 Å². The molecule has 3 heteroatoms. The molecule has 0 aliphatic carbocycles. The Morgan fingerprint density at radius 1 is 1.57 bits per heavy atom. The maximum Gasteiger partial charge on any atom is 0.141 e. The summed E-state index contributed by atoms with van der Waals surface area (Å²) in [6.07, 6.45) is 6.11. The van der Waals surface area contributed by atoms with Gasteiger partial charge in [0, 0.05) is 11.8 Å². The maximum atomic E-state index is 12.7. The SMILES string of the molecule is C=CCCCC(O)c1cncc(F)c1. The minimum Gasteiger partial charge on any atom is -0.388 e. The van der Waals surface area contributed by atoms with Crippen LogP contribution < -0.4 is 0 Å². The zero-order valence-corrected chi connectivity index (χ0v) is 7.99. The first-order valence-electron chi connectivity index (χ1n) is 4.63. The van der Waals surface area contributed by atoms with Crippen LogP contribution in [-0.2, 0) is 0 Å². The van der Waals surface area contributed by atoms with Crippen molar-refractivity contribution >= 4 is 0 Å². The average molecular weight is 195 g/mol. The summed E-state index contributed by atoms with van der Waals surface area (Å²) in [7, 11) is 0. The van der Waals surface area contributed by atoms with Crippen LogP contribution in [0.2, 0.25) is 0 Å². The molecule has 1 unspecified atom stereocenters. The van der Waals surface area contributed by atoms with Crippen LogP contribution in [0.25, 0.3) is 0 Å². The molecule has 0 aliphatic rings. The number of unbranched alkanes of at least 4 members (excludes halogenated alkanes) is 1. The third-order valence-electron chi connectivity index (χ3n) is 2.00. The van der Waals surface area contributed by atoms with E-state index in [0.29, 0.717) is 12.0 Å². The molecule has 1 aromatic heterocycles. The van der Waals surface area contributed by atoms with Crippen molar-refractivity contribution in [3.8, 4) is 0 Å². The number of aliphatic hydroxyl groups is 1. The molecule has 0 aliphatic heterocycles. The van der Waals surface area contributed by atoms with Gasteiger partial charge in [-0.3, -0.25) is 4.98 Å². The van der Waals surface area contributed by atoms with Crippen molar-refractivity contribution in [1.82, 2.24) is 4.98 Å². The second-order valence-corrected chi connectivity index (χ2v) is 3.17. The van der Waals surface area contributed by atoms with Gasteiger partial charge in [-0.05, 0) is 25.3 Å². The molecule has 1 rings (SSSR count). The standard InChI is InChI=1S/C11H14FNO/c1-2-3-4-5-11(14)9-6-10(12)8-13-7-9/h2,6-8,11,14H,1,3-5H2. The number of rotatable bonds is 5. The number of halogens is 1. The summed E-state index contributed by atoms with van der Waals surface area (Å²) < 4.78 is 12.7. The minimum atomic E-state index is -0.627. The fraction of sp³-hybridized carbons (Fsp3) is 0.364. The van der Waals surface area contributed by atoms with Gasteiger partial charge in [-0.25, -0.2) is 4.39 Å². The van der Waals surface area contributed by atoms with E-state index < -0.39 is 11.9 Å². The summed E-state index contributed by atoms with van der Waals surface area (Å²) in [5, 5.41) is 9.63. The smallest absolute Gasteiger partial charge is 0.141 e. The Balaban J connectivity index is 2.51. The lowest BCUT2D eigenvalue weighted by Gasteiger charge is -2.09. The van der Waals surface area contributed by atoms with Gasteiger partial charge in [0.1, 0.15) is 5.82 Å². The minimum absolute atomic E-state index is 0.412. The first-order valence-corrected chi connectivity index (χ1v) is 4.63. The molecule has 1 atom stereocenters. The monoisotopic (exact) mass is 195 g/mol. The molecule has 0 aromatic carbocycles. The van der Waals surface area contributed by atoms with Gasteiger partial charge in [0.25, 0.3) is 0 Å². The Kier molecular flexibility index (Phi) is 4.26. The van der Waals surface area contributed by atoms with Crippen LogP contribution in [0.15, 0.2) is 31.1 Å². The highest BCUT2D eigenvalue weighted by molar-refractivity contribution is 5.12. The third kappa shape index (κ3) is 3.26. The molecule has 0 amide bonds. The lowest BCUT2D eigenvalue weighted by atomic mass is 10.1. The summed E-state index contributed by atoms with van der Waals surface area (Å²) >= 11 is 0. The van der Waals surface area contributed by atoms with Crippen molar-refractivity contribution in [3.05, 3.63) is 42.5 Å². The van der Waals surface area contributed by atoms with E-state index in [4.69, 9.17) is 0 Å². The van der Waals surface area contributed by atoms with Gasteiger partial charge in [0.15, 0.2) is 0 Å². The van der Waals surface area contributed by atoms with Crippen molar-refractivity contribution in [1.29, 1.82) is 0 Å². The number of hydrogen-bond acceptors (Lipinski definition) is 2. The van der Waals surface area contributed by atoms with E-state index in [-0.39, 0.29) is 0 Å². The number of hydrogen-bond donors (Lipinski definition) is 1. The lowest BCUT2D eigenvalue weighted by Crippen LogP contribution is -1.98. The van der Waals surface area contributed by atoms with Gasteiger partial charge in [0.05, 0.1) is 12.3 Å². The summed E-state index contributed by atoms with van der Waals surface area (Å²) in [5.74, 6) is -0.412.